The third-order valence-corrected chi connectivity index (χ3v) is 4.51. The normalized spacial score (nSPS) is 10.4. The van der Waals surface area contributed by atoms with E-state index in [1.165, 1.54) is 0 Å². The molecule has 0 aliphatic heterocycles. The van der Waals surface area contributed by atoms with Gasteiger partial charge in [0.25, 0.3) is 0 Å². The summed E-state index contributed by atoms with van der Waals surface area (Å²) in [5.74, 6) is 1.26. The van der Waals surface area contributed by atoms with E-state index in [2.05, 4.69) is 15.8 Å². The van der Waals surface area contributed by atoms with E-state index in [0.717, 1.165) is 16.9 Å². The second kappa shape index (κ2) is 8.96. The molecule has 6 nitrogen and oxygen atoms in total. The minimum absolute atomic E-state index is 0.378. The molecule has 0 radical (unpaired) electrons. The van der Waals surface area contributed by atoms with Crippen LogP contribution < -0.4 is 15.4 Å². The van der Waals surface area contributed by atoms with Crippen molar-refractivity contribution >= 4 is 17.4 Å². The molecular weight excluding hydrogens is 378 g/mol. The molecule has 0 saturated carbocycles. The number of hydrogen-bond donors (Lipinski definition) is 2. The van der Waals surface area contributed by atoms with Crippen LogP contribution in [0.2, 0.25) is 0 Å². The Kier molecular flexibility index (Phi) is 5.75. The van der Waals surface area contributed by atoms with Gasteiger partial charge in [0.2, 0.25) is 0 Å². The van der Waals surface area contributed by atoms with E-state index in [1.807, 2.05) is 72.8 Å². The number of ether oxygens (including phenoxy) is 1. The molecule has 3 aromatic carbocycles. The summed E-state index contributed by atoms with van der Waals surface area (Å²) in [7, 11) is 0. The number of carbonyl (C=O) groups excluding carboxylic acids is 1. The number of anilines is 2. The zero-order chi connectivity index (χ0) is 20.8. The Bertz CT molecular complexity index is 1110. The quantitative estimate of drug-likeness (QED) is 0.425. The lowest BCUT2D eigenvalue weighted by molar-refractivity contribution is 0.262. The lowest BCUT2D eigenvalue weighted by atomic mass is 10.1. The second-order valence-electron chi connectivity index (χ2n) is 6.71. The maximum Gasteiger partial charge on any atom is 0.323 e. The third-order valence-electron chi connectivity index (χ3n) is 4.51. The number of nitrogens with one attached hydrogen (secondary N) is 2. The Balaban J connectivity index is 1.37. The lowest BCUT2D eigenvalue weighted by Crippen LogP contribution is -2.20. The molecule has 2 N–H and O–H groups in total. The van der Waals surface area contributed by atoms with Gasteiger partial charge in [-0.05, 0) is 36.8 Å². The van der Waals surface area contributed by atoms with Crippen LogP contribution in [0.15, 0.2) is 89.5 Å². The van der Waals surface area contributed by atoms with Gasteiger partial charge >= 0.3 is 6.03 Å². The van der Waals surface area contributed by atoms with E-state index in [-0.39, 0.29) is 6.03 Å². The second-order valence-corrected chi connectivity index (χ2v) is 6.71. The summed E-state index contributed by atoms with van der Waals surface area (Å²) in [5.41, 5.74) is 3.74. The molecule has 0 spiro atoms. The molecule has 0 aliphatic rings. The first-order valence-electron chi connectivity index (χ1n) is 9.55. The highest BCUT2D eigenvalue weighted by Crippen LogP contribution is 2.30. The van der Waals surface area contributed by atoms with Crippen molar-refractivity contribution < 1.29 is 14.1 Å². The Hall–Kier alpha value is -4.06. The summed E-state index contributed by atoms with van der Waals surface area (Å²) in [4.78, 5) is 12.5. The van der Waals surface area contributed by atoms with Gasteiger partial charge in [-0.3, -0.25) is 0 Å². The number of aryl methyl sites for hydroxylation is 1. The van der Waals surface area contributed by atoms with Gasteiger partial charge < -0.3 is 19.9 Å². The lowest BCUT2D eigenvalue weighted by Gasteiger charge is -2.10. The average molecular weight is 399 g/mol. The van der Waals surface area contributed by atoms with Crippen LogP contribution in [0.1, 0.15) is 11.3 Å². The molecule has 1 aromatic heterocycles. The SMILES string of the molecule is Cc1onc(-c2ccccc2)c1NC(=O)Nc1ccc(OCc2ccccc2)cc1. The van der Waals surface area contributed by atoms with Crippen molar-refractivity contribution in [3.05, 3.63) is 96.3 Å². The van der Waals surface area contributed by atoms with E-state index in [9.17, 15) is 4.79 Å². The fourth-order valence-electron chi connectivity index (χ4n) is 2.96. The molecule has 150 valence electrons. The maximum absolute atomic E-state index is 12.5. The van der Waals surface area contributed by atoms with Crippen LogP contribution in [0, 0.1) is 6.92 Å². The van der Waals surface area contributed by atoms with Gasteiger partial charge in [-0.2, -0.15) is 0 Å². The number of amides is 2. The monoisotopic (exact) mass is 399 g/mol. The fourth-order valence-corrected chi connectivity index (χ4v) is 2.96. The van der Waals surface area contributed by atoms with Crippen molar-refractivity contribution in [2.24, 2.45) is 0 Å². The molecule has 4 aromatic rings. The van der Waals surface area contributed by atoms with Crippen LogP contribution in [0.25, 0.3) is 11.3 Å². The summed E-state index contributed by atoms with van der Waals surface area (Å²) in [6.45, 7) is 2.25. The van der Waals surface area contributed by atoms with E-state index < -0.39 is 0 Å². The van der Waals surface area contributed by atoms with E-state index in [0.29, 0.717) is 29.4 Å². The molecule has 0 unspecified atom stereocenters. The Morgan fingerprint density at radius 2 is 1.57 bits per heavy atom. The van der Waals surface area contributed by atoms with Crippen molar-refractivity contribution in [2.45, 2.75) is 13.5 Å². The van der Waals surface area contributed by atoms with Crippen LogP contribution in [0.3, 0.4) is 0 Å². The first kappa shape index (κ1) is 19.3. The van der Waals surface area contributed by atoms with Crippen molar-refractivity contribution in [1.82, 2.24) is 5.16 Å². The zero-order valence-corrected chi connectivity index (χ0v) is 16.5. The Morgan fingerprint density at radius 3 is 2.27 bits per heavy atom. The predicted octanol–water partition coefficient (Wildman–Crippen LogP) is 5.87. The number of hydrogen-bond acceptors (Lipinski definition) is 4. The highest BCUT2D eigenvalue weighted by atomic mass is 16.5. The molecule has 2 amide bonds. The maximum atomic E-state index is 12.5. The standard InChI is InChI=1S/C24H21N3O3/c1-17-22(23(27-30-17)19-10-6-3-7-11-19)26-24(28)25-20-12-14-21(15-13-20)29-16-18-8-4-2-5-9-18/h2-15H,16H2,1H3,(H2,25,26,28). The highest BCUT2D eigenvalue weighted by Gasteiger charge is 2.17. The molecule has 0 bridgehead atoms. The van der Waals surface area contributed by atoms with Gasteiger partial charge in [-0.25, -0.2) is 4.79 Å². The smallest absolute Gasteiger partial charge is 0.323 e. The molecule has 0 aliphatic carbocycles. The van der Waals surface area contributed by atoms with Crippen LogP contribution in [0.5, 0.6) is 5.75 Å². The molecule has 4 rings (SSSR count). The summed E-state index contributed by atoms with van der Waals surface area (Å²) < 4.78 is 11.0. The minimum atomic E-state index is -0.378. The van der Waals surface area contributed by atoms with Crippen molar-refractivity contribution in [2.75, 3.05) is 10.6 Å². The summed E-state index contributed by atoms with van der Waals surface area (Å²) >= 11 is 0. The average Bonchev–Trinajstić information content (AvgIpc) is 3.14. The van der Waals surface area contributed by atoms with Gasteiger partial charge in [0.1, 0.15) is 23.7 Å². The van der Waals surface area contributed by atoms with E-state index in [4.69, 9.17) is 9.26 Å². The molecule has 1 heterocycles. The topological polar surface area (TPSA) is 76.4 Å². The third kappa shape index (κ3) is 4.67. The number of urea groups is 1. The largest absolute Gasteiger partial charge is 0.489 e. The van der Waals surface area contributed by atoms with Crippen LogP contribution >= 0.6 is 0 Å². The first-order valence-corrected chi connectivity index (χ1v) is 9.55. The predicted molar refractivity (Wildman–Crippen MR) is 117 cm³/mol. The zero-order valence-electron chi connectivity index (χ0n) is 16.5. The Morgan fingerprint density at radius 1 is 0.900 bits per heavy atom. The van der Waals surface area contributed by atoms with Crippen LogP contribution in [0.4, 0.5) is 16.2 Å². The fraction of sp³-hybridized carbons (Fsp3) is 0.0833. The number of aromatic nitrogens is 1. The molecule has 30 heavy (non-hydrogen) atoms. The summed E-state index contributed by atoms with van der Waals surface area (Å²) in [5, 5.41) is 9.71. The molecule has 0 fully saturated rings. The highest BCUT2D eigenvalue weighted by molar-refractivity contribution is 6.02. The van der Waals surface area contributed by atoms with E-state index >= 15 is 0 Å². The molecule has 0 saturated heterocycles. The Labute approximate surface area is 174 Å². The number of rotatable bonds is 6. The summed E-state index contributed by atoms with van der Waals surface area (Å²) in [6.07, 6.45) is 0. The van der Waals surface area contributed by atoms with Crippen molar-refractivity contribution in [1.29, 1.82) is 0 Å². The molecule has 0 atom stereocenters. The number of benzene rings is 3. The molecule has 6 heteroatoms. The van der Waals surface area contributed by atoms with Gasteiger partial charge in [-0.1, -0.05) is 65.8 Å². The van der Waals surface area contributed by atoms with Crippen molar-refractivity contribution in [3.8, 4) is 17.0 Å². The van der Waals surface area contributed by atoms with E-state index in [1.54, 1.807) is 19.1 Å². The first-order chi connectivity index (χ1) is 14.7. The minimum Gasteiger partial charge on any atom is -0.489 e. The van der Waals surface area contributed by atoms with Gasteiger partial charge in [0.15, 0.2) is 5.76 Å². The van der Waals surface area contributed by atoms with Crippen LogP contribution in [-0.4, -0.2) is 11.2 Å². The van der Waals surface area contributed by atoms with Crippen LogP contribution in [-0.2, 0) is 6.61 Å². The molecular formula is C24H21N3O3. The van der Waals surface area contributed by atoms with Gasteiger partial charge in [0.05, 0.1) is 0 Å². The van der Waals surface area contributed by atoms with Gasteiger partial charge in [0, 0.05) is 11.3 Å². The van der Waals surface area contributed by atoms with Gasteiger partial charge in [-0.15, -0.1) is 0 Å². The van der Waals surface area contributed by atoms with Crippen molar-refractivity contribution in [3.63, 3.8) is 0 Å². The number of nitrogens with zero attached hydrogens (tertiary/aromatic N) is 1. The summed E-state index contributed by atoms with van der Waals surface area (Å²) in [6, 6.07) is 26.3. The number of carbonyl (C=O) groups is 1.